The summed E-state index contributed by atoms with van der Waals surface area (Å²) in [5.74, 6) is 0. The van der Waals surface area contributed by atoms with Crippen molar-refractivity contribution >= 4 is 10.0 Å². The van der Waals surface area contributed by atoms with Crippen LogP contribution in [0.2, 0.25) is 0 Å². The van der Waals surface area contributed by atoms with Crippen LogP contribution in [0.25, 0.3) is 0 Å². The molecule has 15 heavy (non-hydrogen) atoms. The van der Waals surface area contributed by atoms with Crippen molar-refractivity contribution in [1.82, 2.24) is 14.1 Å². The number of hydrogen-bond donors (Lipinski definition) is 0. The Bertz CT molecular complexity index is 282. The number of piperazine rings is 1. The van der Waals surface area contributed by atoms with Crippen molar-refractivity contribution in [3.05, 3.63) is 0 Å². The van der Waals surface area contributed by atoms with Crippen LogP contribution in [0.1, 0.15) is 0 Å². The van der Waals surface area contributed by atoms with Crippen LogP contribution in [0.3, 0.4) is 0 Å². The third-order valence-corrected chi connectivity index (χ3v) is 3.97. The van der Waals surface area contributed by atoms with Gasteiger partial charge in [0.25, 0.3) is 0 Å². The van der Waals surface area contributed by atoms with Gasteiger partial charge in [-0.3, -0.25) is 4.90 Å². The topological polar surface area (TPSA) is 43.9 Å². The third kappa shape index (κ3) is 4.46. The van der Waals surface area contributed by atoms with E-state index in [-0.39, 0.29) is 0 Å². The van der Waals surface area contributed by atoms with Crippen molar-refractivity contribution in [2.75, 3.05) is 59.6 Å². The van der Waals surface area contributed by atoms with Gasteiger partial charge in [0.05, 0.1) is 6.26 Å². The molecular formula is C9H21N3O2S. The summed E-state index contributed by atoms with van der Waals surface area (Å²) in [6.07, 6.45) is 1.28. The summed E-state index contributed by atoms with van der Waals surface area (Å²) >= 11 is 0. The smallest absolute Gasteiger partial charge is 0.211 e. The summed E-state index contributed by atoms with van der Waals surface area (Å²) in [4.78, 5) is 4.45. The molecule has 1 saturated heterocycles. The Labute approximate surface area is 92.7 Å². The molecule has 0 bridgehead atoms. The van der Waals surface area contributed by atoms with Gasteiger partial charge in [0.2, 0.25) is 10.0 Å². The van der Waals surface area contributed by atoms with E-state index in [1.165, 1.54) is 6.26 Å². The number of hydrogen-bond acceptors (Lipinski definition) is 4. The first kappa shape index (κ1) is 12.9. The summed E-state index contributed by atoms with van der Waals surface area (Å²) < 4.78 is 24.1. The highest BCUT2D eigenvalue weighted by atomic mass is 32.2. The van der Waals surface area contributed by atoms with Crippen LogP contribution in [0.5, 0.6) is 0 Å². The van der Waals surface area contributed by atoms with E-state index in [9.17, 15) is 8.42 Å². The molecular weight excluding hydrogens is 214 g/mol. The average molecular weight is 235 g/mol. The lowest BCUT2D eigenvalue weighted by atomic mass is 10.3. The number of sulfonamides is 1. The van der Waals surface area contributed by atoms with Crippen LogP contribution < -0.4 is 0 Å². The molecule has 90 valence electrons. The molecule has 0 N–H and O–H groups in total. The highest BCUT2D eigenvalue weighted by Gasteiger charge is 2.22. The van der Waals surface area contributed by atoms with Gasteiger partial charge >= 0.3 is 0 Å². The SMILES string of the molecule is CN(C)CCN1CCN(S(C)(=O)=O)CC1. The normalized spacial score (nSPS) is 21.1. The minimum atomic E-state index is -2.98. The van der Waals surface area contributed by atoms with Crippen molar-refractivity contribution in [3.8, 4) is 0 Å². The zero-order valence-electron chi connectivity index (χ0n) is 9.81. The first-order valence-corrected chi connectivity index (χ1v) is 7.06. The summed E-state index contributed by atoms with van der Waals surface area (Å²) in [6.45, 7) is 5.00. The number of likely N-dealkylation sites (N-methyl/N-ethyl adjacent to an activating group) is 1. The second-order valence-electron chi connectivity index (χ2n) is 4.31. The molecule has 0 saturated carbocycles. The fourth-order valence-electron chi connectivity index (χ4n) is 1.63. The molecule has 6 heteroatoms. The number of nitrogens with zero attached hydrogens (tertiary/aromatic N) is 3. The molecule has 0 unspecified atom stereocenters. The van der Waals surface area contributed by atoms with E-state index in [1.54, 1.807) is 4.31 Å². The van der Waals surface area contributed by atoms with E-state index >= 15 is 0 Å². The maximum atomic E-state index is 11.3. The predicted molar refractivity (Wildman–Crippen MR) is 61.4 cm³/mol. The lowest BCUT2D eigenvalue weighted by Crippen LogP contribution is -2.49. The second-order valence-corrected chi connectivity index (χ2v) is 6.29. The van der Waals surface area contributed by atoms with E-state index in [2.05, 4.69) is 9.80 Å². The van der Waals surface area contributed by atoms with Gasteiger partial charge in [-0.2, -0.15) is 4.31 Å². The van der Waals surface area contributed by atoms with E-state index in [4.69, 9.17) is 0 Å². The highest BCUT2D eigenvalue weighted by Crippen LogP contribution is 2.05. The minimum Gasteiger partial charge on any atom is -0.308 e. The van der Waals surface area contributed by atoms with Crippen molar-refractivity contribution in [1.29, 1.82) is 0 Å². The highest BCUT2D eigenvalue weighted by molar-refractivity contribution is 7.88. The Morgan fingerprint density at radius 1 is 1.13 bits per heavy atom. The van der Waals surface area contributed by atoms with Crippen LogP contribution in [0.15, 0.2) is 0 Å². The summed E-state index contributed by atoms with van der Waals surface area (Å²) in [5.41, 5.74) is 0. The zero-order chi connectivity index (χ0) is 11.5. The molecule has 0 atom stereocenters. The summed E-state index contributed by atoms with van der Waals surface area (Å²) in [5, 5.41) is 0. The van der Waals surface area contributed by atoms with Crippen molar-refractivity contribution in [2.24, 2.45) is 0 Å². The average Bonchev–Trinajstić information content (AvgIpc) is 2.14. The molecule has 1 heterocycles. The standard InChI is InChI=1S/C9H21N3O2S/c1-10(2)4-5-11-6-8-12(9-7-11)15(3,13)14/h4-9H2,1-3H3. The van der Waals surface area contributed by atoms with Gasteiger partial charge < -0.3 is 4.90 Å². The molecule has 0 amide bonds. The summed E-state index contributed by atoms with van der Waals surface area (Å²) in [6, 6.07) is 0. The fourth-order valence-corrected chi connectivity index (χ4v) is 2.45. The molecule has 1 rings (SSSR count). The molecule has 0 aromatic carbocycles. The molecule has 1 aliphatic heterocycles. The molecule has 0 aliphatic carbocycles. The van der Waals surface area contributed by atoms with Crippen LogP contribution in [0.4, 0.5) is 0 Å². The van der Waals surface area contributed by atoms with Gasteiger partial charge in [-0.1, -0.05) is 0 Å². The molecule has 0 aromatic heterocycles. The molecule has 5 nitrogen and oxygen atoms in total. The maximum absolute atomic E-state index is 11.3. The maximum Gasteiger partial charge on any atom is 0.211 e. The van der Waals surface area contributed by atoms with Crippen LogP contribution in [-0.4, -0.2) is 82.1 Å². The lowest BCUT2D eigenvalue weighted by molar-refractivity contribution is 0.175. The van der Waals surface area contributed by atoms with E-state index < -0.39 is 10.0 Å². The van der Waals surface area contributed by atoms with Gasteiger partial charge in [0, 0.05) is 39.3 Å². The zero-order valence-corrected chi connectivity index (χ0v) is 10.6. The largest absolute Gasteiger partial charge is 0.308 e. The van der Waals surface area contributed by atoms with Crippen LogP contribution in [-0.2, 0) is 10.0 Å². The molecule has 0 radical (unpaired) electrons. The van der Waals surface area contributed by atoms with Crippen LogP contribution >= 0.6 is 0 Å². The third-order valence-electron chi connectivity index (χ3n) is 2.66. The van der Waals surface area contributed by atoms with Gasteiger partial charge in [-0.15, -0.1) is 0 Å². The fraction of sp³-hybridized carbons (Fsp3) is 1.00. The van der Waals surface area contributed by atoms with Crippen LogP contribution in [0, 0.1) is 0 Å². The Balaban J connectivity index is 2.30. The summed E-state index contributed by atoms with van der Waals surface area (Å²) in [7, 11) is 1.11. The lowest BCUT2D eigenvalue weighted by Gasteiger charge is -2.33. The monoisotopic (exact) mass is 235 g/mol. The van der Waals surface area contributed by atoms with E-state index in [1.807, 2.05) is 14.1 Å². The second kappa shape index (κ2) is 5.25. The molecule has 1 aliphatic rings. The molecule has 1 fully saturated rings. The van der Waals surface area contributed by atoms with Crippen molar-refractivity contribution in [3.63, 3.8) is 0 Å². The Kier molecular flexibility index (Phi) is 4.51. The minimum absolute atomic E-state index is 0.631. The van der Waals surface area contributed by atoms with E-state index in [0.29, 0.717) is 13.1 Å². The van der Waals surface area contributed by atoms with Gasteiger partial charge in [-0.25, -0.2) is 8.42 Å². The Morgan fingerprint density at radius 3 is 2.07 bits per heavy atom. The predicted octanol–water partition coefficient (Wildman–Crippen LogP) is -0.875. The first-order valence-electron chi connectivity index (χ1n) is 5.22. The van der Waals surface area contributed by atoms with Crippen molar-refractivity contribution < 1.29 is 8.42 Å². The van der Waals surface area contributed by atoms with E-state index in [0.717, 1.165) is 26.2 Å². The van der Waals surface area contributed by atoms with Crippen molar-refractivity contribution in [2.45, 2.75) is 0 Å². The molecule has 0 aromatic rings. The van der Waals surface area contributed by atoms with Gasteiger partial charge in [-0.05, 0) is 14.1 Å². The number of rotatable bonds is 4. The first-order chi connectivity index (χ1) is 6.89. The van der Waals surface area contributed by atoms with Gasteiger partial charge in [0.1, 0.15) is 0 Å². The molecule has 0 spiro atoms. The Morgan fingerprint density at radius 2 is 1.67 bits per heavy atom. The quantitative estimate of drug-likeness (QED) is 0.635. The van der Waals surface area contributed by atoms with Gasteiger partial charge in [0.15, 0.2) is 0 Å². The Hall–Kier alpha value is -0.170.